The van der Waals surface area contributed by atoms with E-state index in [0.717, 1.165) is 18.5 Å². The highest BCUT2D eigenvalue weighted by Gasteiger charge is 2.15. The van der Waals surface area contributed by atoms with Gasteiger partial charge in [-0.05, 0) is 43.6 Å². The minimum Gasteiger partial charge on any atom is -0.496 e. The van der Waals surface area contributed by atoms with Gasteiger partial charge in [0.2, 0.25) is 0 Å². The second-order valence-corrected chi connectivity index (χ2v) is 4.28. The summed E-state index contributed by atoms with van der Waals surface area (Å²) in [5.74, 6) is -0.516. The molecule has 1 aliphatic rings. The van der Waals surface area contributed by atoms with Crippen LogP contribution in [0.1, 0.15) is 22.3 Å². The van der Waals surface area contributed by atoms with Gasteiger partial charge in [0.25, 0.3) is 0 Å². The first-order valence-electron chi connectivity index (χ1n) is 5.83. The first-order chi connectivity index (χ1) is 8.20. The maximum atomic E-state index is 11.0. The van der Waals surface area contributed by atoms with Gasteiger partial charge in [-0.25, -0.2) is 4.79 Å². The molecule has 92 valence electrons. The molecule has 0 aliphatic carbocycles. The molecule has 0 saturated carbocycles. The standard InChI is InChI=1S/C13H17NO3/c1-17-12-4-3-10(9-11(12)13(15)16)5-8-14-6-2-7-14/h3-4,9H,2,5-8H2,1H3,(H,15,16). The van der Waals surface area contributed by atoms with Gasteiger partial charge in [0, 0.05) is 6.54 Å². The van der Waals surface area contributed by atoms with E-state index in [9.17, 15) is 4.79 Å². The molecule has 0 aromatic heterocycles. The number of hydrogen-bond acceptors (Lipinski definition) is 3. The summed E-state index contributed by atoms with van der Waals surface area (Å²) in [6.07, 6.45) is 2.17. The summed E-state index contributed by atoms with van der Waals surface area (Å²) in [6.45, 7) is 3.34. The monoisotopic (exact) mass is 235 g/mol. The molecule has 1 heterocycles. The summed E-state index contributed by atoms with van der Waals surface area (Å²) in [6, 6.07) is 5.38. The minimum atomic E-state index is -0.937. The fourth-order valence-electron chi connectivity index (χ4n) is 1.97. The van der Waals surface area contributed by atoms with Crippen LogP contribution in [0.2, 0.25) is 0 Å². The highest BCUT2D eigenvalue weighted by Crippen LogP contribution is 2.20. The normalized spacial score (nSPS) is 15.4. The number of hydrogen-bond donors (Lipinski definition) is 1. The zero-order chi connectivity index (χ0) is 12.3. The van der Waals surface area contributed by atoms with Crippen molar-refractivity contribution in [3.63, 3.8) is 0 Å². The summed E-state index contributed by atoms with van der Waals surface area (Å²) in [5, 5.41) is 9.07. The van der Waals surface area contributed by atoms with Crippen LogP contribution in [0.4, 0.5) is 0 Å². The molecule has 0 unspecified atom stereocenters. The van der Waals surface area contributed by atoms with Crippen molar-refractivity contribution < 1.29 is 14.6 Å². The Kier molecular flexibility index (Phi) is 3.64. The zero-order valence-electron chi connectivity index (χ0n) is 9.98. The molecule has 1 saturated heterocycles. The Morgan fingerprint density at radius 3 is 2.76 bits per heavy atom. The molecular weight excluding hydrogens is 218 g/mol. The smallest absolute Gasteiger partial charge is 0.339 e. The predicted molar refractivity (Wildman–Crippen MR) is 64.7 cm³/mol. The largest absolute Gasteiger partial charge is 0.496 e. The summed E-state index contributed by atoms with van der Waals surface area (Å²) in [5.41, 5.74) is 1.30. The van der Waals surface area contributed by atoms with Gasteiger partial charge in [-0.15, -0.1) is 0 Å². The van der Waals surface area contributed by atoms with Crippen LogP contribution < -0.4 is 4.74 Å². The van der Waals surface area contributed by atoms with E-state index in [1.807, 2.05) is 6.07 Å². The van der Waals surface area contributed by atoms with Crippen molar-refractivity contribution in [2.45, 2.75) is 12.8 Å². The van der Waals surface area contributed by atoms with Crippen molar-refractivity contribution in [3.8, 4) is 5.75 Å². The van der Waals surface area contributed by atoms with Crippen molar-refractivity contribution >= 4 is 5.97 Å². The van der Waals surface area contributed by atoms with Gasteiger partial charge in [0.05, 0.1) is 7.11 Å². The molecule has 1 N–H and O–H groups in total. The van der Waals surface area contributed by atoms with Crippen LogP contribution in [-0.4, -0.2) is 42.7 Å². The Bertz CT molecular complexity index is 413. The summed E-state index contributed by atoms with van der Waals surface area (Å²) in [7, 11) is 1.49. The fourth-order valence-corrected chi connectivity index (χ4v) is 1.97. The van der Waals surface area contributed by atoms with Crippen molar-refractivity contribution in [1.29, 1.82) is 0 Å². The number of carboxylic acid groups (broad SMARTS) is 1. The third-order valence-electron chi connectivity index (χ3n) is 3.16. The molecule has 1 fully saturated rings. The Hall–Kier alpha value is -1.55. The summed E-state index contributed by atoms with van der Waals surface area (Å²) in [4.78, 5) is 13.4. The van der Waals surface area contributed by atoms with Crippen molar-refractivity contribution in [2.24, 2.45) is 0 Å². The molecule has 0 amide bonds. The maximum Gasteiger partial charge on any atom is 0.339 e. The van der Waals surface area contributed by atoms with Crippen LogP contribution in [0.3, 0.4) is 0 Å². The molecule has 2 rings (SSSR count). The lowest BCUT2D eigenvalue weighted by Crippen LogP contribution is -2.38. The predicted octanol–water partition coefficient (Wildman–Crippen LogP) is 1.64. The lowest BCUT2D eigenvalue weighted by Gasteiger charge is -2.30. The number of aromatic carboxylic acids is 1. The first-order valence-corrected chi connectivity index (χ1v) is 5.83. The number of carboxylic acids is 1. The molecular formula is C13H17NO3. The van der Waals surface area contributed by atoms with Crippen LogP contribution in [0.15, 0.2) is 18.2 Å². The average Bonchev–Trinajstić information content (AvgIpc) is 2.26. The van der Waals surface area contributed by atoms with Gasteiger partial charge in [0.15, 0.2) is 0 Å². The van der Waals surface area contributed by atoms with E-state index in [1.165, 1.54) is 26.6 Å². The summed E-state index contributed by atoms with van der Waals surface area (Å²) >= 11 is 0. The van der Waals surface area contributed by atoms with Crippen molar-refractivity contribution in [1.82, 2.24) is 4.90 Å². The lowest BCUT2D eigenvalue weighted by molar-refractivity contribution is 0.0693. The highest BCUT2D eigenvalue weighted by molar-refractivity contribution is 5.91. The Balaban J connectivity index is 2.06. The van der Waals surface area contributed by atoms with E-state index >= 15 is 0 Å². The molecule has 4 heteroatoms. The van der Waals surface area contributed by atoms with Gasteiger partial charge < -0.3 is 14.7 Å². The van der Waals surface area contributed by atoms with E-state index < -0.39 is 5.97 Å². The maximum absolute atomic E-state index is 11.0. The van der Waals surface area contributed by atoms with Crippen molar-refractivity contribution in [3.05, 3.63) is 29.3 Å². The number of likely N-dealkylation sites (tertiary alicyclic amines) is 1. The molecule has 0 radical (unpaired) electrons. The number of methoxy groups -OCH3 is 1. The van der Waals surface area contributed by atoms with Gasteiger partial charge in [0.1, 0.15) is 11.3 Å². The average molecular weight is 235 g/mol. The van der Waals surface area contributed by atoms with Gasteiger partial charge in [-0.1, -0.05) is 6.07 Å². The zero-order valence-corrected chi connectivity index (χ0v) is 9.98. The van der Waals surface area contributed by atoms with Crippen LogP contribution in [0.5, 0.6) is 5.75 Å². The van der Waals surface area contributed by atoms with E-state index in [1.54, 1.807) is 12.1 Å². The van der Waals surface area contributed by atoms with E-state index in [4.69, 9.17) is 9.84 Å². The van der Waals surface area contributed by atoms with Crippen LogP contribution in [-0.2, 0) is 6.42 Å². The molecule has 1 aromatic carbocycles. The van der Waals surface area contributed by atoms with Gasteiger partial charge >= 0.3 is 5.97 Å². The third kappa shape index (κ3) is 2.77. The van der Waals surface area contributed by atoms with Gasteiger partial charge in [-0.2, -0.15) is 0 Å². The number of nitrogens with zero attached hydrogens (tertiary/aromatic N) is 1. The van der Waals surface area contributed by atoms with Crippen LogP contribution in [0.25, 0.3) is 0 Å². The number of benzene rings is 1. The van der Waals surface area contributed by atoms with Crippen molar-refractivity contribution in [2.75, 3.05) is 26.7 Å². The molecule has 1 aromatic rings. The number of carbonyl (C=O) groups is 1. The molecule has 0 bridgehead atoms. The van der Waals surface area contributed by atoms with E-state index in [0.29, 0.717) is 5.75 Å². The highest BCUT2D eigenvalue weighted by atomic mass is 16.5. The Morgan fingerprint density at radius 2 is 2.24 bits per heavy atom. The number of ether oxygens (including phenoxy) is 1. The molecule has 0 spiro atoms. The number of rotatable bonds is 5. The SMILES string of the molecule is COc1ccc(CCN2CCC2)cc1C(=O)O. The molecule has 0 atom stereocenters. The fraction of sp³-hybridized carbons (Fsp3) is 0.462. The Morgan fingerprint density at radius 1 is 1.47 bits per heavy atom. The van der Waals surface area contributed by atoms with Crippen LogP contribution in [0, 0.1) is 0 Å². The molecule has 1 aliphatic heterocycles. The molecule has 4 nitrogen and oxygen atoms in total. The first kappa shape index (κ1) is 11.9. The van der Waals surface area contributed by atoms with Crippen LogP contribution >= 0.6 is 0 Å². The van der Waals surface area contributed by atoms with E-state index in [-0.39, 0.29) is 5.56 Å². The minimum absolute atomic E-state index is 0.244. The second-order valence-electron chi connectivity index (χ2n) is 4.28. The lowest BCUT2D eigenvalue weighted by atomic mass is 10.1. The topological polar surface area (TPSA) is 49.8 Å². The van der Waals surface area contributed by atoms with E-state index in [2.05, 4.69) is 4.90 Å². The third-order valence-corrected chi connectivity index (χ3v) is 3.16. The summed E-state index contributed by atoms with van der Waals surface area (Å²) < 4.78 is 5.03. The Labute approximate surface area is 101 Å². The molecule has 17 heavy (non-hydrogen) atoms. The quantitative estimate of drug-likeness (QED) is 0.843. The van der Waals surface area contributed by atoms with Gasteiger partial charge in [-0.3, -0.25) is 0 Å². The second kappa shape index (κ2) is 5.19.